The molecular weight excluding hydrogens is 376 g/mol. The molecule has 26 heavy (non-hydrogen) atoms. The van der Waals surface area contributed by atoms with Gasteiger partial charge >= 0.3 is 0 Å². The number of carbonyl (C=O) groups is 1. The van der Waals surface area contributed by atoms with Gasteiger partial charge in [0.25, 0.3) is 0 Å². The highest BCUT2D eigenvalue weighted by Gasteiger charge is 2.38. The molecule has 0 unspecified atom stereocenters. The highest BCUT2D eigenvalue weighted by atomic mass is 32.2. The lowest BCUT2D eigenvalue weighted by molar-refractivity contribution is 0.103. The van der Waals surface area contributed by atoms with Crippen molar-refractivity contribution in [1.29, 1.82) is 0 Å². The van der Waals surface area contributed by atoms with Gasteiger partial charge in [-0.25, -0.2) is 16.8 Å². The quantitative estimate of drug-likeness (QED) is 0.712. The molecule has 140 valence electrons. The summed E-state index contributed by atoms with van der Waals surface area (Å²) in [6.45, 7) is 6.48. The fourth-order valence-corrected chi connectivity index (χ4v) is 8.45. The maximum atomic E-state index is 13.1. The van der Waals surface area contributed by atoms with Gasteiger partial charge in [0.15, 0.2) is 25.5 Å². The van der Waals surface area contributed by atoms with Crippen molar-refractivity contribution in [3.63, 3.8) is 0 Å². The second-order valence-electron chi connectivity index (χ2n) is 6.66. The Morgan fingerprint density at radius 2 is 1.54 bits per heavy atom. The SMILES string of the molecule is Cc1cc(C(=O)c2c(C)nn(C)c2C)c(C)c2c1S(=O)(=O)CCS2(=O)=O. The van der Waals surface area contributed by atoms with E-state index >= 15 is 0 Å². The highest BCUT2D eigenvalue weighted by molar-refractivity contribution is 7.98. The lowest BCUT2D eigenvalue weighted by atomic mass is 9.96. The minimum absolute atomic E-state index is 0.169. The van der Waals surface area contributed by atoms with E-state index in [0.717, 1.165) is 0 Å². The Morgan fingerprint density at radius 1 is 1.00 bits per heavy atom. The Bertz CT molecular complexity index is 1170. The smallest absolute Gasteiger partial charge is 0.197 e. The van der Waals surface area contributed by atoms with Crippen LogP contribution in [0.15, 0.2) is 15.9 Å². The van der Waals surface area contributed by atoms with Gasteiger partial charge in [-0.1, -0.05) is 0 Å². The number of aromatic nitrogens is 2. The van der Waals surface area contributed by atoms with Crippen LogP contribution in [0.25, 0.3) is 0 Å². The average molecular weight is 396 g/mol. The van der Waals surface area contributed by atoms with Crippen molar-refractivity contribution in [3.8, 4) is 0 Å². The van der Waals surface area contributed by atoms with Crippen LogP contribution in [0.4, 0.5) is 0 Å². The van der Waals surface area contributed by atoms with E-state index in [1.807, 2.05) is 0 Å². The van der Waals surface area contributed by atoms with E-state index in [1.165, 1.54) is 19.9 Å². The average Bonchev–Trinajstić information content (AvgIpc) is 2.78. The summed E-state index contributed by atoms with van der Waals surface area (Å²) in [5.74, 6) is -1.25. The molecule has 1 aromatic carbocycles. The molecule has 0 spiro atoms. The summed E-state index contributed by atoms with van der Waals surface area (Å²) in [5.41, 5.74) is 2.27. The van der Waals surface area contributed by atoms with Crippen molar-refractivity contribution >= 4 is 25.5 Å². The van der Waals surface area contributed by atoms with E-state index in [9.17, 15) is 21.6 Å². The molecule has 0 saturated heterocycles. The standard InChI is InChI=1S/C17H20N2O5S2/c1-9-8-13(15(20)14-11(3)18-19(5)12(14)4)10(2)17-16(9)25(21,22)6-7-26(17,23)24/h8H,6-7H2,1-5H3. The lowest BCUT2D eigenvalue weighted by Gasteiger charge is -2.22. The van der Waals surface area contributed by atoms with Gasteiger partial charge in [0.05, 0.1) is 32.6 Å². The Morgan fingerprint density at radius 3 is 2.04 bits per heavy atom. The maximum absolute atomic E-state index is 13.1. The minimum atomic E-state index is -3.77. The first kappa shape index (κ1) is 18.8. The van der Waals surface area contributed by atoms with Crippen LogP contribution in [0.2, 0.25) is 0 Å². The summed E-state index contributed by atoms with van der Waals surface area (Å²) in [6.07, 6.45) is 0. The Kier molecular flexibility index (Phi) is 4.15. The molecule has 7 nitrogen and oxygen atoms in total. The summed E-state index contributed by atoms with van der Waals surface area (Å²) in [7, 11) is -5.74. The van der Waals surface area contributed by atoms with E-state index in [-0.39, 0.29) is 32.3 Å². The van der Waals surface area contributed by atoms with Crippen LogP contribution in [0, 0.1) is 27.7 Å². The summed E-state index contributed by atoms with van der Waals surface area (Å²) in [4.78, 5) is 12.7. The summed E-state index contributed by atoms with van der Waals surface area (Å²) >= 11 is 0. The van der Waals surface area contributed by atoms with Crippen LogP contribution in [0.3, 0.4) is 0 Å². The van der Waals surface area contributed by atoms with Gasteiger partial charge in [-0.15, -0.1) is 0 Å². The summed E-state index contributed by atoms with van der Waals surface area (Å²) in [5, 5.41) is 4.23. The van der Waals surface area contributed by atoms with E-state index in [1.54, 1.807) is 25.6 Å². The largest absolute Gasteiger partial charge is 0.288 e. The van der Waals surface area contributed by atoms with Gasteiger partial charge in [0, 0.05) is 18.3 Å². The number of carbonyl (C=O) groups excluding carboxylic acids is 1. The van der Waals surface area contributed by atoms with Gasteiger partial charge in [0.1, 0.15) is 0 Å². The van der Waals surface area contributed by atoms with Crippen LogP contribution in [-0.2, 0) is 26.7 Å². The Labute approximate surface area is 152 Å². The number of ketones is 1. The summed E-state index contributed by atoms with van der Waals surface area (Å²) in [6, 6.07) is 1.47. The third-order valence-corrected chi connectivity index (χ3v) is 9.04. The molecule has 0 amide bonds. The van der Waals surface area contributed by atoms with Crippen molar-refractivity contribution in [2.24, 2.45) is 7.05 Å². The third kappa shape index (κ3) is 2.61. The molecule has 9 heteroatoms. The van der Waals surface area contributed by atoms with Gasteiger partial charge in [-0.3, -0.25) is 9.48 Å². The third-order valence-electron chi connectivity index (χ3n) is 4.89. The van der Waals surface area contributed by atoms with Crippen molar-refractivity contribution in [2.45, 2.75) is 37.5 Å². The second-order valence-corrected chi connectivity index (χ2v) is 10.8. The minimum Gasteiger partial charge on any atom is -0.288 e. The first-order chi connectivity index (χ1) is 11.9. The Hall–Kier alpha value is -2.00. The van der Waals surface area contributed by atoms with Crippen molar-refractivity contribution in [3.05, 3.63) is 39.7 Å². The topological polar surface area (TPSA) is 103 Å². The summed E-state index contributed by atoms with van der Waals surface area (Å²) < 4.78 is 51.6. The molecule has 0 saturated carbocycles. The van der Waals surface area contributed by atoms with E-state index in [4.69, 9.17) is 0 Å². The zero-order valence-electron chi connectivity index (χ0n) is 15.2. The number of benzene rings is 1. The molecular formula is C17H20N2O5S2. The first-order valence-electron chi connectivity index (χ1n) is 8.03. The zero-order valence-corrected chi connectivity index (χ0v) is 16.9. The molecule has 0 atom stereocenters. The number of sulfone groups is 2. The van der Waals surface area contributed by atoms with E-state index in [0.29, 0.717) is 17.0 Å². The monoisotopic (exact) mass is 396 g/mol. The van der Waals surface area contributed by atoms with Gasteiger partial charge in [-0.2, -0.15) is 5.10 Å². The van der Waals surface area contributed by atoms with Crippen molar-refractivity contribution in [2.75, 3.05) is 11.5 Å². The predicted molar refractivity (Wildman–Crippen MR) is 96.1 cm³/mol. The van der Waals surface area contributed by atoms with Crippen LogP contribution in [0.1, 0.15) is 38.4 Å². The Balaban J connectivity index is 2.37. The molecule has 1 aromatic heterocycles. The molecule has 1 aliphatic heterocycles. The molecule has 1 aliphatic rings. The molecule has 2 heterocycles. The molecule has 0 radical (unpaired) electrons. The number of hydrogen-bond acceptors (Lipinski definition) is 6. The molecule has 0 fully saturated rings. The van der Waals surface area contributed by atoms with Gasteiger partial charge < -0.3 is 0 Å². The van der Waals surface area contributed by atoms with Crippen molar-refractivity contribution < 1.29 is 21.6 Å². The number of hydrogen-bond donors (Lipinski definition) is 0. The number of aryl methyl sites for hydroxylation is 3. The second kappa shape index (κ2) is 5.75. The van der Waals surface area contributed by atoms with E-state index in [2.05, 4.69) is 5.10 Å². The number of fused-ring (bicyclic) bond motifs is 1. The maximum Gasteiger partial charge on any atom is 0.197 e. The van der Waals surface area contributed by atoms with Gasteiger partial charge in [-0.05, 0) is 44.9 Å². The van der Waals surface area contributed by atoms with Crippen LogP contribution < -0.4 is 0 Å². The van der Waals surface area contributed by atoms with Crippen molar-refractivity contribution in [1.82, 2.24) is 9.78 Å². The first-order valence-corrected chi connectivity index (χ1v) is 11.3. The zero-order chi connectivity index (χ0) is 19.6. The van der Waals surface area contributed by atoms with E-state index < -0.39 is 31.2 Å². The normalized spacial score (nSPS) is 17.7. The predicted octanol–water partition coefficient (Wildman–Crippen LogP) is 1.45. The number of nitrogens with zero attached hydrogens (tertiary/aromatic N) is 2. The fourth-order valence-electron chi connectivity index (χ4n) is 3.52. The molecule has 0 N–H and O–H groups in total. The lowest BCUT2D eigenvalue weighted by Crippen LogP contribution is -2.28. The van der Waals surface area contributed by atoms with Crippen LogP contribution in [0.5, 0.6) is 0 Å². The highest BCUT2D eigenvalue weighted by Crippen LogP contribution is 2.36. The molecule has 2 aromatic rings. The van der Waals surface area contributed by atoms with Gasteiger partial charge in [0.2, 0.25) is 0 Å². The molecule has 3 rings (SSSR count). The molecule has 0 aliphatic carbocycles. The van der Waals surface area contributed by atoms with Crippen LogP contribution >= 0.6 is 0 Å². The molecule has 0 bridgehead atoms. The fraction of sp³-hybridized carbons (Fsp3) is 0.412. The van der Waals surface area contributed by atoms with Crippen LogP contribution in [-0.4, -0.2) is 43.9 Å². The number of rotatable bonds is 2.